The van der Waals surface area contributed by atoms with Crippen LogP contribution in [0.1, 0.15) is 17.0 Å². The lowest BCUT2D eigenvalue weighted by molar-refractivity contribution is 0.740. The highest BCUT2D eigenvalue weighted by atomic mass is 35.5. The summed E-state index contributed by atoms with van der Waals surface area (Å²) in [6.45, 7) is 5.97. The van der Waals surface area contributed by atoms with Crippen LogP contribution in [0.5, 0.6) is 0 Å². The third-order valence-corrected chi connectivity index (χ3v) is 5.97. The van der Waals surface area contributed by atoms with Gasteiger partial charge < -0.3 is 0 Å². The standard InChI is InChI=1S/C20H20Cl2N6/c1-11-6-7-14(8-17(11)21)28-20(16-10-24-27(5)13(16)3)18(22)19(25-28)15-9-23-26(4)12(15)2/h6-10H,1-5H3. The van der Waals surface area contributed by atoms with Gasteiger partial charge in [0.2, 0.25) is 0 Å². The molecule has 0 radical (unpaired) electrons. The monoisotopic (exact) mass is 414 g/mol. The van der Waals surface area contributed by atoms with Crippen LogP contribution in [0.3, 0.4) is 0 Å². The maximum atomic E-state index is 6.89. The Morgan fingerprint density at radius 2 is 1.46 bits per heavy atom. The van der Waals surface area contributed by atoms with Crippen molar-refractivity contribution in [1.29, 1.82) is 0 Å². The van der Waals surface area contributed by atoms with Gasteiger partial charge in [0.05, 0.1) is 28.8 Å². The first kappa shape index (κ1) is 18.8. The van der Waals surface area contributed by atoms with Crippen molar-refractivity contribution in [3.8, 4) is 28.2 Å². The molecular weight excluding hydrogens is 395 g/mol. The van der Waals surface area contributed by atoms with Gasteiger partial charge in [-0.1, -0.05) is 29.3 Å². The van der Waals surface area contributed by atoms with E-state index in [2.05, 4.69) is 10.2 Å². The van der Waals surface area contributed by atoms with Crippen LogP contribution in [0.4, 0.5) is 0 Å². The van der Waals surface area contributed by atoms with Gasteiger partial charge in [-0.3, -0.25) is 9.36 Å². The predicted molar refractivity (Wildman–Crippen MR) is 112 cm³/mol. The zero-order chi connectivity index (χ0) is 20.2. The zero-order valence-corrected chi connectivity index (χ0v) is 17.8. The Labute approximate surface area is 173 Å². The van der Waals surface area contributed by atoms with Gasteiger partial charge in [0.1, 0.15) is 5.69 Å². The lowest BCUT2D eigenvalue weighted by atomic mass is 10.1. The SMILES string of the molecule is Cc1ccc(-n2nc(-c3cnn(C)c3C)c(Cl)c2-c2cnn(C)c2C)cc1Cl. The molecule has 0 aliphatic heterocycles. The lowest BCUT2D eigenvalue weighted by Gasteiger charge is -2.09. The summed E-state index contributed by atoms with van der Waals surface area (Å²) in [5, 5.41) is 14.8. The first-order valence-corrected chi connectivity index (χ1v) is 9.58. The summed E-state index contributed by atoms with van der Waals surface area (Å²) in [6.07, 6.45) is 3.60. The Morgan fingerprint density at radius 1 is 0.857 bits per heavy atom. The fraction of sp³-hybridized carbons (Fsp3) is 0.250. The second kappa shape index (κ2) is 6.79. The van der Waals surface area contributed by atoms with Gasteiger partial charge in [-0.15, -0.1) is 0 Å². The third kappa shape index (κ3) is 2.84. The molecule has 8 heteroatoms. The number of hydrogen-bond donors (Lipinski definition) is 0. The summed E-state index contributed by atoms with van der Waals surface area (Å²) in [6, 6.07) is 5.86. The molecule has 0 unspecified atom stereocenters. The molecule has 6 nitrogen and oxygen atoms in total. The summed E-state index contributed by atoms with van der Waals surface area (Å²) in [5.41, 5.74) is 7.11. The van der Waals surface area contributed by atoms with E-state index in [1.54, 1.807) is 6.20 Å². The van der Waals surface area contributed by atoms with Crippen LogP contribution >= 0.6 is 23.2 Å². The van der Waals surface area contributed by atoms with Crippen molar-refractivity contribution in [2.75, 3.05) is 0 Å². The largest absolute Gasteiger partial charge is 0.272 e. The Morgan fingerprint density at radius 3 is 2.00 bits per heavy atom. The van der Waals surface area contributed by atoms with Crippen LogP contribution in [0.2, 0.25) is 10.0 Å². The molecule has 1 aromatic carbocycles. The molecule has 144 valence electrons. The maximum Gasteiger partial charge on any atom is 0.115 e. The fourth-order valence-corrected chi connectivity index (χ4v) is 3.66. The van der Waals surface area contributed by atoms with E-state index in [-0.39, 0.29) is 0 Å². The molecule has 0 aliphatic carbocycles. The van der Waals surface area contributed by atoms with Crippen LogP contribution in [-0.4, -0.2) is 29.3 Å². The van der Waals surface area contributed by atoms with E-state index in [1.165, 1.54) is 0 Å². The molecule has 3 heterocycles. The summed E-state index contributed by atoms with van der Waals surface area (Å²) in [5.74, 6) is 0. The van der Waals surface area contributed by atoms with Gasteiger partial charge >= 0.3 is 0 Å². The molecule has 0 spiro atoms. The molecule has 0 N–H and O–H groups in total. The highest BCUT2D eigenvalue weighted by Gasteiger charge is 2.25. The van der Waals surface area contributed by atoms with Crippen molar-refractivity contribution in [3.63, 3.8) is 0 Å². The first-order valence-electron chi connectivity index (χ1n) is 8.82. The molecule has 0 saturated heterocycles. The number of rotatable bonds is 3. The van der Waals surface area contributed by atoms with Gasteiger partial charge in [0.15, 0.2) is 0 Å². The fourth-order valence-electron chi connectivity index (χ4n) is 3.17. The number of nitrogens with zero attached hydrogens (tertiary/aromatic N) is 6. The number of halogens is 2. The molecule has 0 bridgehead atoms. The van der Waals surface area contributed by atoms with Gasteiger partial charge in [-0.25, -0.2) is 4.68 Å². The van der Waals surface area contributed by atoms with Crippen LogP contribution in [0, 0.1) is 20.8 Å². The minimum Gasteiger partial charge on any atom is -0.272 e. The summed E-state index contributed by atoms with van der Waals surface area (Å²) in [4.78, 5) is 0. The lowest BCUT2D eigenvalue weighted by Crippen LogP contribution is -2.01. The molecule has 4 aromatic rings. The molecule has 0 fully saturated rings. The Hall–Kier alpha value is -2.57. The van der Waals surface area contributed by atoms with Crippen molar-refractivity contribution in [2.45, 2.75) is 20.8 Å². The van der Waals surface area contributed by atoms with Crippen LogP contribution in [0.15, 0.2) is 30.6 Å². The van der Waals surface area contributed by atoms with E-state index in [0.29, 0.717) is 15.7 Å². The van der Waals surface area contributed by atoms with Crippen molar-refractivity contribution in [2.24, 2.45) is 14.1 Å². The van der Waals surface area contributed by atoms with Crippen LogP contribution in [0.25, 0.3) is 28.2 Å². The highest BCUT2D eigenvalue weighted by molar-refractivity contribution is 6.35. The Bertz CT molecular complexity index is 1200. The molecule has 0 aliphatic rings. The van der Waals surface area contributed by atoms with Gasteiger partial charge in [-0.05, 0) is 38.5 Å². The van der Waals surface area contributed by atoms with Gasteiger partial charge in [0.25, 0.3) is 0 Å². The third-order valence-electron chi connectivity index (χ3n) is 5.21. The van der Waals surface area contributed by atoms with Crippen molar-refractivity contribution in [1.82, 2.24) is 29.3 Å². The van der Waals surface area contributed by atoms with E-state index >= 15 is 0 Å². The number of benzene rings is 1. The maximum absolute atomic E-state index is 6.89. The number of aryl methyl sites for hydroxylation is 3. The molecular formula is C20H20Cl2N6. The topological polar surface area (TPSA) is 53.5 Å². The van der Waals surface area contributed by atoms with E-state index < -0.39 is 0 Å². The summed E-state index contributed by atoms with van der Waals surface area (Å²) in [7, 11) is 3.80. The van der Waals surface area contributed by atoms with E-state index in [1.807, 2.05) is 73.3 Å². The van der Waals surface area contributed by atoms with Crippen molar-refractivity contribution < 1.29 is 0 Å². The Balaban J connectivity index is 2.03. The number of aromatic nitrogens is 6. The second-order valence-electron chi connectivity index (χ2n) is 6.89. The molecule has 4 rings (SSSR count). The summed E-state index contributed by atoms with van der Waals surface area (Å²) < 4.78 is 5.46. The first-order chi connectivity index (χ1) is 13.3. The minimum atomic E-state index is 0.559. The average Bonchev–Trinajstić information content (AvgIpc) is 3.28. The Kier molecular flexibility index (Phi) is 4.56. The molecule has 28 heavy (non-hydrogen) atoms. The van der Waals surface area contributed by atoms with Crippen LogP contribution < -0.4 is 0 Å². The van der Waals surface area contributed by atoms with Crippen molar-refractivity contribution in [3.05, 3.63) is 57.6 Å². The smallest absolute Gasteiger partial charge is 0.115 e. The summed E-state index contributed by atoms with van der Waals surface area (Å²) >= 11 is 13.3. The highest BCUT2D eigenvalue weighted by Crippen LogP contribution is 2.40. The van der Waals surface area contributed by atoms with Crippen LogP contribution in [-0.2, 0) is 14.1 Å². The molecule has 0 amide bonds. The second-order valence-corrected chi connectivity index (χ2v) is 7.68. The number of hydrogen-bond acceptors (Lipinski definition) is 3. The minimum absolute atomic E-state index is 0.559. The normalized spacial score (nSPS) is 11.4. The molecule has 0 atom stereocenters. The quantitative estimate of drug-likeness (QED) is 0.478. The molecule has 3 aromatic heterocycles. The predicted octanol–water partition coefficient (Wildman–Crippen LogP) is 4.91. The van der Waals surface area contributed by atoms with Crippen molar-refractivity contribution >= 4 is 23.2 Å². The zero-order valence-electron chi connectivity index (χ0n) is 16.3. The van der Waals surface area contributed by atoms with Gasteiger partial charge in [0, 0.05) is 41.6 Å². The van der Waals surface area contributed by atoms with Gasteiger partial charge in [-0.2, -0.15) is 15.3 Å². The van der Waals surface area contributed by atoms with E-state index in [9.17, 15) is 0 Å². The molecule has 0 saturated carbocycles. The average molecular weight is 415 g/mol. The van der Waals surface area contributed by atoms with E-state index in [0.717, 1.165) is 39.5 Å². The van der Waals surface area contributed by atoms with E-state index in [4.69, 9.17) is 28.3 Å².